The molecular weight excluding hydrogens is 348 g/mol. The van der Waals surface area contributed by atoms with E-state index in [2.05, 4.69) is 26.8 Å². The van der Waals surface area contributed by atoms with Gasteiger partial charge in [-0.1, -0.05) is 25.4 Å². The van der Waals surface area contributed by atoms with Crippen LogP contribution in [0.15, 0.2) is 22.7 Å². The number of hydrogen-bond acceptors (Lipinski definition) is 3. The molecule has 0 spiro atoms. The fourth-order valence-corrected chi connectivity index (χ4v) is 2.13. The molecule has 1 aromatic rings. The Morgan fingerprint density at radius 3 is 2.55 bits per heavy atom. The van der Waals surface area contributed by atoms with Crippen LogP contribution in [-0.2, 0) is 9.59 Å². The van der Waals surface area contributed by atoms with Crippen molar-refractivity contribution in [2.24, 2.45) is 5.92 Å². The molecule has 110 valence electrons. The summed E-state index contributed by atoms with van der Waals surface area (Å²) in [4.78, 5) is 22.8. The average Bonchev–Trinajstić information content (AvgIpc) is 2.34. The normalized spacial score (nSPS) is 10.2. The lowest BCUT2D eigenvalue weighted by Crippen LogP contribution is -2.44. The summed E-state index contributed by atoms with van der Waals surface area (Å²) in [5.41, 5.74) is 4.61. The Hall–Kier alpha value is -1.27. The Balaban J connectivity index is 2.34. The van der Waals surface area contributed by atoms with Crippen molar-refractivity contribution >= 4 is 39.3 Å². The first-order chi connectivity index (χ1) is 9.38. The molecule has 0 saturated carbocycles. The highest BCUT2D eigenvalue weighted by molar-refractivity contribution is 9.10. The van der Waals surface area contributed by atoms with E-state index < -0.39 is 5.91 Å². The van der Waals surface area contributed by atoms with Crippen LogP contribution in [0.25, 0.3) is 0 Å². The summed E-state index contributed by atoms with van der Waals surface area (Å²) in [5.74, 6) is 0.0520. The summed E-state index contributed by atoms with van der Waals surface area (Å²) in [6.45, 7) is 3.63. The van der Waals surface area contributed by atoms with Gasteiger partial charge in [0.25, 0.3) is 5.91 Å². The predicted octanol–water partition coefficient (Wildman–Crippen LogP) is 2.67. The lowest BCUT2D eigenvalue weighted by atomic mass is 10.1. The summed E-state index contributed by atoms with van der Waals surface area (Å²) in [5, 5.41) is 0.564. The number of amides is 2. The second-order valence-corrected chi connectivity index (χ2v) is 5.85. The molecule has 0 aliphatic carbocycles. The molecule has 0 atom stereocenters. The van der Waals surface area contributed by atoms with Crippen LogP contribution in [-0.4, -0.2) is 18.4 Å². The molecule has 0 radical (unpaired) electrons. The van der Waals surface area contributed by atoms with E-state index in [1.165, 1.54) is 0 Å². The van der Waals surface area contributed by atoms with Gasteiger partial charge in [-0.25, -0.2) is 0 Å². The van der Waals surface area contributed by atoms with E-state index in [9.17, 15) is 9.59 Å². The van der Waals surface area contributed by atoms with E-state index in [1.54, 1.807) is 18.2 Å². The van der Waals surface area contributed by atoms with Crippen molar-refractivity contribution in [2.75, 3.05) is 6.61 Å². The number of carbonyl (C=O) groups excluding carboxylic acids is 2. The molecule has 0 heterocycles. The highest BCUT2D eigenvalue weighted by Crippen LogP contribution is 2.27. The van der Waals surface area contributed by atoms with Gasteiger partial charge in [0, 0.05) is 11.4 Å². The van der Waals surface area contributed by atoms with Crippen LogP contribution in [0.3, 0.4) is 0 Å². The molecule has 0 fully saturated rings. The second-order valence-electron chi connectivity index (χ2n) is 4.56. The zero-order valence-electron chi connectivity index (χ0n) is 11.2. The van der Waals surface area contributed by atoms with Crippen LogP contribution in [0.2, 0.25) is 5.02 Å². The molecule has 0 aromatic heterocycles. The first-order valence-electron chi connectivity index (χ1n) is 6.04. The lowest BCUT2D eigenvalue weighted by molar-refractivity contribution is -0.130. The lowest BCUT2D eigenvalue weighted by Gasteiger charge is -2.10. The largest absolute Gasteiger partial charge is 0.483 e. The number of halogens is 2. The van der Waals surface area contributed by atoms with Gasteiger partial charge in [-0.05, 0) is 40.0 Å². The van der Waals surface area contributed by atoms with E-state index in [0.29, 0.717) is 21.7 Å². The molecule has 1 rings (SSSR count). The van der Waals surface area contributed by atoms with Crippen molar-refractivity contribution < 1.29 is 14.3 Å². The number of benzene rings is 1. The van der Waals surface area contributed by atoms with E-state index in [4.69, 9.17) is 16.3 Å². The first-order valence-corrected chi connectivity index (χ1v) is 7.21. The van der Waals surface area contributed by atoms with Crippen LogP contribution >= 0.6 is 27.5 Å². The number of ether oxygens (including phenoxy) is 1. The molecule has 2 N–H and O–H groups in total. The van der Waals surface area contributed by atoms with Crippen molar-refractivity contribution in [2.45, 2.75) is 20.3 Å². The maximum Gasteiger partial charge on any atom is 0.276 e. The predicted molar refractivity (Wildman–Crippen MR) is 80.4 cm³/mol. The number of hydrogen-bond donors (Lipinski definition) is 2. The average molecular weight is 364 g/mol. The minimum absolute atomic E-state index is 0.206. The summed E-state index contributed by atoms with van der Waals surface area (Å²) in [6.07, 6.45) is 0.351. The number of hydrazine groups is 1. The van der Waals surface area contributed by atoms with Gasteiger partial charge in [0.2, 0.25) is 5.91 Å². The van der Waals surface area contributed by atoms with Crippen molar-refractivity contribution in [1.29, 1.82) is 0 Å². The van der Waals surface area contributed by atoms with Gasteiger partial charge in [-0.3, -0.25) is 20.4 Å². The topological polar surface area (TPSA) is 67.4 Å². The van der Waals surface area contributed by atoms with Crippen LogP contribution in [0.4, 0.5) is 0 Å². The third-order valence-electron chi connectivity index (χ3n) is 2.19. The number of carbonyl (C=O) groups is 2. The molecule has 0 saturated heterocycles. The maximum atomic E-state index is 11.5. The van der Waals surface area contributed by atoms with Crippen LogP contribution < -0.4 is 15.6 Å². The molecular formula is C13H16BrClN2O3. The molecule has 1 aromatic carbocycles. The van der Waals surface area contributed by atoms with E-state index >= 15 is 0 Å². The number of rotatable bonds is 5. The smallest absolute Gasteiger partial charge is 0.276 e. The van der Waals surface area contributed by atoms with Gasteiger partial charge in [-0.15, -0.1) is 0 Å². The van der Waals surface area contributed by atoms with Crippen molar-refractivity contribution in [3.63, 3.8) is 0 Å². The molecule has 2 amide bonds. The van der Waals surface area contributed by atoms with Crippen molar-refractivity contribution in [1.82, 2.24) is 10.9 Å². The first kappa shape index (κ1) is 16.8. The van der Waals surface area contributed by atoms with Crippen LogP contribution in [0, 0.1) is 5.92 Å². The summed E-state index contributed by atoms with van der Waals surface area (Å²) < 4.78 is 5.95. The Morgan fingerprint density at radius 1 is 1.30 bits per heavy atom. The molecule has 0 unspecified atom stereocenters. The minimum atomic E-state index is -0.441. The van der Waals surface area contributed by atoms with Gasteiger partial charge < -0.3 is 4.74 Å². The summed E-state index contributed by atoms with van der Waals surface area (Å²) in [6, 6.07) is 4.97. The van der Waals surface area contributed by atoms with E-state index in [-0.39, 0.29) is 18.4 Å². The van der Waals surface area contributed by atoms with Gasteiger partial charge in [0.1, 0.15) is 5.75 Å². The summed E-state index contributed by atoms with van der Waals surface area (Å²) in [7, 11) is 0. The fraction of sp³-hybridized carbons (Fsp3) is 0.385. The van der Waals surface area contributed by atoms with E-state index in [1.807, 2.05) is 13.8 Å². The highest BCUT2D eigenvalue weighted by Gasteiger charge is 2.08. The van der Waals surface area contributed by atoms with Gasteiger partial charge >= 0.3 is 0 Å². The SMILES string of the molecule is CC(C)CC(=O)NNC(=O)COc1ccc(Cl)cc1Br. The molecule has 5 nitrogen and oxygen atoms in total. The highest BCUT2D eigenvalue weighted by atomic mass is 79.9. The minimum Gasteiger partial charge on any atom is -0.483 e. The zero-order valence-corrected chi connectivity index (χ0v) is 13.5. The van der Waals surface area contributed by atoms with Gasteiger partial charge in [-0.2, -0.15) is 0 Å². The number of nitrogens with one attached hydrogen (secondary N) is 2. The fourth-order valence-electron chi connectivity index (χ4n) is 1.33. The molecule has 7 heteroatoms. The molecule has 0 aliphatic heterocycles. The Morgan fingerprint density at radius 2 is 1.95 bits per heavy atom. The Labute approximate surface area is 131 Å². The quantitative estimate of drug-likeness (QED) is 0.790. The van der Waals surface area contributed by atoms with Crippen LogP contribution in [0.5, 0.6) is 5.75 Å². The van der Waals surface area contributed by atoms with Crippen molar-refractivity contribution in [3.8, 4) is 5.75 Å². The standard InChI is InChI=1S/C13H16BrClN2O3/c1-8(2)5-12(18)16-17-13(19)7-20-11-4-3-9(15)6-10(11)14/h3-4,6,8H,5,7H2,1-2H3,(H,16,18)(H,17,19). The molecule has 0 bridgehead atoms. The van der Waals surface area contributed by atoms with Crippen LogP contribution in [0.1, 0.15) is 20.3 Å². The van der Waals surface area contributed by atoms with Gasteiger partial charge in [0.15, 0.2) is 6.61 Å². The zero-order chi connectivity index (χ0) is 15.1. The van der Waals surface area contributed by atoms with Crippen molar-refractivity contribution in [3.05, 3.63) is 27.7 Å². The van der Waals surface area contributed by atoms with E-state index in [0.717, 1.165) is 0 Å². The third kappa shape index (κ3) is 6.25. The van der Waals surface area contributed by atoms with Gasteiger partial charge in [0.05, 0.1) is 4.47 Å². The monoisotopic (exact) mass is 362 g/mol. The third-order valence-corrected chi connectivity index (χ3v) is 3.04. The maximum absolute atomic E-state index is 11.5. The molecule has 0 aliphatic rings. The second kappa shape index (κ2) is 8.11. The molecule has 20 heavy (non-hydrogen) atoms. The Kier molecular flexibility index (Phi) is 6.81. The Bertz CT molecular complexity index is 495. The summed E-state index contributed by atoms with van der Waals surface area (Å²) >= 11 is 9.07.